The fourth-order valence-electron chi connectivity index (χ4n) is 2.69. The highest BCUT2D eigenvalue weighted by Gasteiger charge is 2.24. The molecule has 110 valence electrons. The van der Waals surface area contributed by atoms with Crippen molar-refractivity contribution >= 4 is 5.91 Å². The van der Waals surface area contributed by atoms with Crippen molar-refractivity contribution in [3.8, 4) is 5.75 Å². The van der Waals surface area contributed by atoms with Crippen molar-refractivity contribution in [1.29, 1.82) is 0 Å². The number of nitrogens with one attached hydrogen (secondary N) is 1. The molecule has 0 radical (unpaired) electrons. The molecule has 0 aliphatic carbocycles. The van der Waals surface area contributed by atoms with E-state index in [0.29, 0.717) is 6.54 Å². The van der Waals surface area contributed by atoms with E-state index in [9.17, 15) is 4.79 Å². The number of aromatic nitrogens is 2. The predicted molar refractivity (Wildman–Crippen MR) is 78.9 cm³/mol. The number of hydrogen-bond acceptors (Lipinski definition) is 3. The molecule has 5 nitrogen and oxygen atoms in total. The van der Waals surface area contributed by atoms with E-state index in [1.807, 2.05) is 30.5 Å². The number of hydrogen-bond donors (Lipinski definition) is 1. The molecule has 0 fully saturated rings. The number of benzene rings is 1. The van der Waals surface area contributed by atoms with E-state index in [0.717, 1.165) is 36.5 Å². The number of ether oxygens (including phenoxy) is 1. The van der Waals surface area contributed by atoms with Crippen LogP contribution in [0.2, 0.25) is 0 Å². The summed E-state index contributed by atoms with van der Waals surface area (Å²) in [4.78, 5) is 16.6. The largest absolute Gasteiger partial charge is 0.497 e. The van der Waals surface area contributed by atoms with Crippen LogP contribution in [0.4, 0.5) is 0 Å². The van der Waals surface area contributed by atoms with Crippen LogP contribution in [0, 0.1) is 5.92 Å². The number of rotatable bonds is 4. The Labute approximate surface area is 124 Å². The van der Waals surface area contributed by atoms with Gasteiger partial charge in [-0.1, -0.05) is 12.1 Å². The summed E-state index contributed by atoms with van der Waals surface area (Å²) in [5, 5.41) is 3.01. The maximum absolute atomic E-state index is 12.3. The van der Waals surface area contributed by atoms with Gasteiger partial charge < -0.3 is 14.6 Å². The molecule has 1 amide bonds. The molecule has 21 heavy (non-hydrogen) atoms. The predicted octanol–water partition coefficient (Wildman–Crippen LogP) is 1.77. The van der Waals surface area contributed by atoms with Crippen LogP contribution >= 0.6 is 0 Å². The Morgan fingerprint density at radius 2 is 2.43 bits per heavy atom. The molecule has 1 unspecified atom stereocenters. The van der Waals surface area contributed by atoms with Gasteiger partial charge in [0, 0.05) is 37.8 Å². The number of carbonyl (C=O) groups is 1. The second kappa shape index (κ2) is 5.99. The lowest BCUT2D eigenvalue weighted by molar-refractivity contribution is -0.125. The summed E-state index contributed by atoms with van der Waals surface area (Å²) >= 11 is 0. The van der Waals surface area contributed by atoms with Crippen LogP contribution < -0.4 is 10.1 Å². The minimum atomic E-state index is 0.0190. The number of carbonyl (C=O) groups excluding carboxylic acids is 1. The zero-order valence-corrected chi connectivity index (χ0v) is 12.1. The Hall–Kier alpha value is -2.30. The number of methoxy groups -OCH3 is 1. The third-order valence-electron chi connectivity index (χ3n) is 3.92. The third-order valence-corrected chi connectivity index (χ3v) is 3.92. The number of aryl methyl sites for hydroxylation is 1. The van der Waals surface area contributed by atoms with E-state index in [2.05, 4.69) is 14.9 Å². The summed E-state index contributed by atoms with van der Waals surface area (Å²) in [5.41, 5.74) is 1.04. The molecule has 1 N–H and O–H groups in total. The first-order chi connectivity index (χ1) is 10.3. The van der Waals surface area contributed by atoms with Crippen molar-refractivity contribution in [2.24, 2.45) is 5.92 Å². The highest BCUT2D eigenvalue weighted by Crippen LogP contribution is 2.19. The van der Waals surface area contributed by atoms with Crippen molar-refractivity contribution in [2.75, 3.05) is 7.11 Å². The standard InChI is InChI=1S/C16H19N3O2/c1-21-14-4-2-3-12(9-14)11-18-16(20)13-5-7-19-8-6-17-15(19)10-13/h2-4,6,8-9,13H,5,7,10-11H2,1H3,(H,18,20). The summed E-state index contributed by atoms with van der Waals surface area (Å²) in [5.74, 6) is 1.93. The van der Waals surface area contributed by atoms with Gasteiger partial charge in [-0.25, -0.2) is 4.98 Å². The van der Waals surface area contributed by atoms with E-state index in [-0.39, 0.29) is 11.8 Å². The Morgan fingerprint density at radius 1 is 1.52 bits per heavy atom. The van der Waals surface area contributed by atoms with Crippen molar-refractivity contribution in [1.82, 2.24) is 14.9 Å². The average molecular weight is 285 g/mol. The fourth-order valence-corrected chi connectivity index (χ4v) is 2.69. The summed E-state index contributed by atoms with van der Waals surface area (Å²) in [7, 11) is 1.64. The van der Waals surface area contributed by atoms with Gasteiger partial charge >= 0.3 is 0 Å². The van der Waals surface area contributed by atoms with Crippen molar-refractivity contribution < 1.29 is 9.53 Å². The van der Waals surface area contributed by atoms with Gasteiger partial charge in [0.25, 0.3) is 0 Å². The molecule has 1 aromatic carbocycles. The zero-order chi connectivity index (χ0) is 14.7. The maximum atomic E-state index is 12.3. The first-order valence-electron chi connectivity index (χ1n) is 7.17. The Bertz CT molecular complexity index is 636. The molecular weight excluding hydrogens is 266 g/mol. The summed E-state index contributed by atoms with van der Waals surface area (Å²) < 4.78 is 7.30. The van der Waals surface area contributed by atoms with Gasteiger partial charge in [0.2, 0.25) is 5.91 Å². The molecule has 2 heterocycles. The van der Waals surface area contributed by atoms with Gasteiger partial charge in [0.1, 0.15) is 11.6 Å². The lowest BCUT2D eigenvalue weighted by Crippen LogP contribution is -2.35. The van der Waals surface area contributed by atoms with Crippen molar-refractivity contribution in [2.45, 2.75) is 25.9 Å². The lowest BCUT2D eigenvalue weighted by atomic mass is 9.97. The molecule has 5 heteroatoms. The Balaban J connectivity index is 1.57. The first kappa shape index (κ1) is 13.7. The number of fused-ring (bicyclic) bond motifs is 1. The van der Waals surface area contributed by atoms with Crippen LogP contribution in [0.5, 0.6) is 5.75 Å². The van der Waals surface area contributed by atoms with Gasteiger partial charge in [-0.2, -0.15) is 0 Å². The molecule has 1 aliphatic heterocycles. The van der Waals surface area contributed by atoms with Gasteiger partial charge in [-0.3, -0.25) is 4.79 Å². The van der Waals surface area contributed by atoms with E-state index >= 15 is 0 Å². The first-order valence-corrected chi connectivity index (χ1v) is 7.17. The molecule has 0 saturated carbocycles. The minimum Gasteiger partial charge on any atom is -0.497 e. The molecule has 3 rings (SSSR count). The topological polar surface area (TPSA) is 56.1 Å². The molecule has 0 saturated heterocycles. The molecule has 2 aromatic rings. The van der Waals surface area contributed by atoms with Crippen molar-refractivity contribution in [3.05, 3.63) is 48.0 Å². The zero-order valence-electron chi connectivity index (χ0n) is 12.1. The molecule has 1 aromatic heterocycles. The summed E-state index contributed by atoms with van der Waals surface area (Å²) in [6.07, 6.45) is 5.36. The summed E-state index contributed by atoms with van der Waals surface area (Å²) in [6.45, 7) is 1.40. The smallest absolute Gasteiger partial charge is 0.223 e. The van der Waals surface area contributed by atoms with Crippen LogP contribution in [-0.2, 0) is 24.3 Å². The van der Waals surface area contributed by atoms with Crippen LogP contribution in [0.25, 0.3) is 0 Å². The molecular formula is C16H19N3O2. The SMILES string of the molecule is COc1cccc(CNC(=O)C2CCn3ccnc3C2)c1. The van der Waals surface area contributed by atoms with E-state index < -0.39 is 0 Å². The molecule has 0 bridgehead atoms. The second-order valence-corrected chi connectivity index (χ2v) is 5.30. The van der Waals surface area contributed by atoms with Crippen molar-refractivity contribution in [3.63, 3.8) is 0 Å². The normalized spacial score (nSPS) is 17.1. The van der Waals surface area contributed by atoms with E-state index in [1.54, 1.807) is 13.3 Å². The van der Waals surface area contributed by atoms with Crippen LogP contribution in [-0.4, -0.2) is 22.6 Å². The number of nitrogens with zero attached hydrogens (tertiary/aromatic N) is 2. The van der Waals surface area contributed by atoms with Crippen LogP contribution in [0.15, 0.2) is 36.7 Å². The van der Waals surface area contributed by atoms with E-state index in [4.69, 9.17) is 4.74 Å². The van der Waals surface area contributed by atoms with E-state index in [1.165, 1.54) is 0 Å². The highest BCUT2D eigenvalue weighted by atomic mass is 16.5. The van der Waals surface area contributed by atoms with Gasteiger partial charge in [-0.15, -0.1) is 0 Å². The fraction of sp³-hybridized carbons (Fsp3) is 0.375. The highest BCUT2D eigenvalue weighted by molar-refractivity contribution is 5.79. The summed E-state index contributed by atoms with van der Waals surface area (Å²) in [6, 6.07) is 7.74. The molecule has 1 aliphatic rings. The number of imidazole rings is 1. The average Bonchev–Trinajstić information content (AvgIpc) is 3.00. The quantitative estimate of drug-likeness (QED) is 0.931. The minimum absolute atomic E-state index is 0.0190. The maximum Gasteiger partial charge on any atom is 0.223 e. The lowest BCUT2D eigenvalue weighted by Gasteiger charge is -2.22. The molecule has 0 spiro atoms. The third kappa shape index (κ3) is 3.07. The van der Waals surface area contributed by atoms with Gasteiger partial charge in [-0.05, 0) is 24.1 Å². The van der Waals surface area contributed by atoms with Crippen LogP contribution in [0.3, 0.4) is 0 Å². The van der Waals surface area contributed by atoms with Crippen LogP contribution in [0.1, 0.15) is 17.8 Å². The van der Waals surface area contributed by atoms with Gasteiger partial charge in [0.05, 0.1) is 7.11 Å². The molecule has 1 atom stereocenters. The monoisotopic (exact) mass is 285 g/mol. The second-order valence-electron chi connectivity index (χ2n) is 5.30. The number of amides is 1. The van der Waals surface area contributed by atoms with Gasteiger partial charge in [0.15, 0.2) is 0 Å². The Kier molecular flexibility index (Phi) is 3.90. The Morgan fingerprint density at radius 3 is 3.29 bits per heavy atom.